The number of aryl methyl sites for hydroxylation is 2. The zero-order chi connectivity index (χ0) is 19.8. The van der Waals surface area contributed by atoms with Gasteiger partial charge in [0.15, 0.2) is 0 Å². The number of aromatic amines is 2. The first kappa shape index (κ1) is 17.8. The number of benzene rings is 2. The highest BCUT2D eigenvalue weighted by atomic mass is 19.1. The molecule has 4 aromatic rings. The second-order valence-corrected chi connectivity index (χ2v) is 6.49. The number of carbonyl (C=O) groups is 1. The third-order valence-corrected chi connectivity index (χ3v) is 4.59. The molecule has 140 valence electrons. The maximum absolute atomic E-state index is 13.3. The molecule has 0 radical (unpaired) electrons. The van der Waals surface area contributed by atoms with Crippen molar-refractivity contribution in [3.8, 4) is 22.3 Å². The largest absolute Gasteiger partial charge is 0.285 e. The van der Waals surface area contributed by atoms with Crippen molar-refractivity contribution >= 4 is 5.78 Å². The van der Waals surface area contributed by atoms with Crippen LogP contribution in [0.2, 0.25) is 0 Å². The van der Waals surface area contributed by atoms with Crippen LogP contribution in [0.25, 0.3) is 22.3 Å². The van der Waals surface area contributed by atoms with Crippen LogP contribution in [0.4, 0.5) is 8.78 Å². The minimum atomic E-state index is -0.382. The summed E-state index contributed by atoms with van der Waals surface area (Å²) in [6, 6.07) is 11.7. The van der Waals surface area contributed by atoms with Gasteiger partial charge in [-0.1, -0.05) is 24.3 Å². The van der Waals surface area contributed by atoms with E-state index in [-0.39, 0.29) is 28.8 Å². The molecule has 7 heteroatoms. The fourth-order valence-electron chi connectivity index (χ4n) is 3.24. The number of hydrogen-bond acceptors (Lipinski definition) is 3. The zero-order valence-electron chi connectivity index (χ0n) is 15.2. The maximum Gasteiger partial charge on any atom is 0.234 e. The van der Waals surface area contributed by atoms with Gasteiger partial charge in [0.1, 0.15) is 23.0 Å². The molecular weight excluding hydrogens is 362 g/mol. The van der Waals surface area contributed by atoms with E-state index in [4.69, 9.17) is 0 Å². The predicted octanol–water partition coefficient (Wildman–Crippen LogP) is 4.59. The second kappa shape index (κ2) is 6.84. The molecule has 0 aliphatic rings. The Morgan fingerprint density at radius 1 is 0.714 bits per heavy atom. The van der Waals surface area contributed by atoms with Crippen molar-refractivity contribution < 1.29 is 13.6 Å². The number of halogens is 2. The van der Waals surface area contributed by atoms with Crippen LogP contribution in [0.1, 0.15) is 27.6 Å². The van der Waals surface area contributed by atoms with Gasteiger partial charge in [0.25, 0.3) is 0 Å². The third-order valence-electron chi connectivity index (χ3n) is 4.59. The highest BCUT2D eigenvalue weighted by Crippen LogP contribution is 2.31. The Hall–Kier alpha value is -3.61. The number of nitrogens with one attached hydrogen (secondary N) is 2. The van der Waals surface area contributed by atoms with Crippen LogP contribution >= 0.6 is 0 Å². The lowest BCUT2D eigenvalue weighted by atomic mass is 9.96. The van der Waals surface area contributed by atoms with E-state index in [0.717, 1.165) is 0 Å². The van der Waals surface area contributed by atoms with Gasteiger partial charge in [-0.25, -0.2) is 8.78 Å². The molecule has 0 spiro atoms. The Kier molecular flexibility index (Phi) is 4.35. The molecule has 0 fully saturated rings. The number of hydrogen-bond donors (Lipinski definition) is 2. The smallest absolute Gasteiger partial charge is 0.234 e. The Morgan fingerprint density at radius 2 is 1.07 bits per heavy atom. The fourth-order valence-corrected chi connectivity index (χ4v) is 3.24. The summed E-state index contributed by atoms with van der Waals surface area (Å²) in [7, 11) is 0. The lowest BCUT2D eigenvalue weighted by Crippen LogP contribution is -2.06. The molecule has 2 aromatic carbocycles. The molecule has 2 heterocycles. The number of carbonyl (C=O) groups excluding carboxylic acids is 1. The molecule has 28 heavy (non-hydrogen) atoms. The standard InChI is InChI=1S/C21H16F2N4O/c1-11-17(13-3-7-15(22)8-4-13)19(26-24-11)21(28)20-18(12(2)25-27-20)14-5-9-16(23)10-6-14/h3-10H,1-2H3,(H,24,26)(H,25,27). The molecule has 0 atom stereocenters. The van der Waals surface area contributed by atoms with Crippen LogP contribution in [0, 0.1) is 25.5 Å². The molecule has 0 amide bonds. The van der Waals surface area contributed by atoms with Gasteiger partial charge in [-0.3, -0.25) is 15.0 Å². The summed E-state index contributed by atoms with van der Waals surface area (Å²) in [5.41, 5.74) is 4.29. The van der Waals surface area contributed by atoms with Gasteiger partial charge in [0.05, 0.1) is 0 Å². The molecule has 0 unspecified atom stereocenters. The van der Waals surface area contributed by atoms with Crippen molar-refractivity contribution in [1.82, 2.24) is 20.4 Å². The Labute approximate surface area is 159 Å². The van der Waals surface area contributed by atoms with Crippen LogP contribution in [0.3, 0.4) is 0 Å². The molecule has 2 N–H and O–H groups in total. The molecule has 0 aliphatic carbocycles. The third kappa shape index (κ3) is 3.00. The quantitative estimate of drug-likeness (QED) is 0.510. The Bertz CT molecular complexity index is 1070. The van der Waals surface area contributed by atoms with Gasteiger partial charge in [-0.05, 0) is 49.2 Å². The molecule has 2 aromatic heterocycles. The number of ketones is 1. The summed E-state index contributed by atoms with van der Waals surface area (Å²) in [6.07, 6.45) is 0. The van der Waals surface area contributed by atoms with E-state index in [2.05, 4.69) is 20.4 Å². The summed E-state index contributed by atoms with van der Waals surface area (Å²) in [4.78, 5) is 13.3. The highest BCUT2D eigenvalue weighted by molar-refractivity contribution is 6.14. The highest BCUT2D eigenvalue weighted by Gasteiger charge is 2.26. The van der Waals surface area contributed by atoms with E-state index in [9.17, 15) is 13.6 Å². The van der Waals surface area contributed by atoms with E-state index in [1.54, 1.807) is 38.1 Å². The summed E-state index contributed by atoms with van der Waals surface area (Å²) in [5, 5.41) is 14.0. The predicted molar refractivity (Wildman–Crippen MR) is 101 cm³/mol. The van der Waals surface area contributed by atoms with E-state index >= 15 is 0 Å². The van der Waals surface area contributed by atoms with Gasteiger partial charge < -0.3 is 0 Å². The lowest BCUT2D eigenvalue weighted by molar-refractivity contribution is 0.103. The zero-order valence-corrected chi connectivity index (χ0v) is 15.2. The average molecular weight is 378 g/mol. The number of rotatable bonds is 4. The molecule has 0 aliphatic heterocycles. The van der Waals surface area contributed by atoms with E-state index in [1.165, 1.54) is 24.3 Å². The first-order chi connectivity index (χ1) is 13.5. The molecule has 0 saturated heterocycles. The van der Waals surface area contributed by atoms with Gasteiger partial charge in [0.2, 0.25) is 5.78 Å². The average Bonchev–Trinajstić information content (AvgIpc) is 3.26. The van der Waals surface area contributed by atoms with Crippen molar-refractivity contribution in [2.75, 3.05) is 0 Å². The van der Waals surface area contributed by atoms with Gasteiger partial charge in [-0.15, -0.1) is 0 Å². The van der Waals surface area contributed by atoms with Crippen molar-refractivity contribution in [2.24, 2.45) is 0 Å². The second-order valence-electron chi connectivity index (χ2n) is 6.49. The van der Waals surface area contributed by atoms with Crippen molar-refractivity contribution in [3.05, 3.63) is 82.9 Å². The van der Waals surface area contributed by atoms with E-state index in [0.29, 0.717) is 33.6 Å². The number of aromatic nitrogens is 4. The van der Waals surface area contributed by atoms with Crippen LogP contribution in [0.5, 0.6) is 0 Å². The maximum atomic E-state index is 13.3. The Morgan fingerprint density at radius 3 is 1.43 bits per heavy atom. The fraction of sp³-hybridized carbons (Fsp3) is 0.0952. The minimum absolute atomic E-state index is 0.193. The normalized spacial score (nSPS) is 11.0. The summed E-state index contributed by atoms with van der Waals surface area (Å²) >= 11 is 0. The molecule has 4 rings (SSSR count). The monoisotopic (exact) mass is 378 g/mol. The molecule has 0 saturated carbocycles. The summed E-state index contributed by atoms with van der Waals surface area (Å²) in [5.74, 6) is -1.11. The molecule has 0 bridgehead atoms. The Balaban J connectivity index is 1.82. The topological polar surface area (TPSA) is 74.4 Å². The van der Waals surface area contributed by atoms with Gasteiger partial charge in [-0.2, -0.15) is 10.2 Å². The first-order valence-corrected chi connectivity index (χ1v) is 8.62. The van der Waals surface area contributed by atoms with E-state index in [1.807, 2.05) is 0 Å². The first-order valence-electron chi connectivity index (χ1n) is 8.62. The summed E-state index contributed by atoms with van der Waals surface area (Å²) in [6.45, 7) is 3.58. The van der Waals surface area contributed by atoms with E-state index < -0.39 is 0 Å². The van der Waals surface area contributed by atoms with Crippen LogP contribution < -0.4 is 0 Å². The molecular formula is C21H16F2N4O. The molecule has 5 nitrogen and oxygen atoms in total. The summed E-state index contributed by atoms with van der Waals surface area (Å²) < 4.78 is 26.6. The van der Waals surface area contributed by atoms with Crippen LogP contribution in [-0.2, 0) is 0 Å². The minimum Gasteiger partial charge on any atom is -0.285 e. The van der Waals surface area contributed by atoms with Gasteiger partial charge in [0, 0.05) is 22.5 Å². The van der Waals surface area contributed by atoms with Crippen molar-refractivity contribution in [2.45, 2.75) is 13.8 Å². The lowest BCUT2D eigenvalue weighted by Gasteiger charge is -2.06. The van der Waals surface area contributed by atoms with Crippen molar-refractivity contribution in [3.63, 3.8) is 0 Å². The van der Waals surface area contributed by atoms with Crippen molar-refractivity contribution in [1.29, 1.82) is 0 Å². The van der Waals surface area contributed by atoms with Crippen LogP contribution in [0.15, 0.2) is 48.5 Å². The number of nitrogens with zero attached hydrogens (tertiary/aromatic N) is 2. The van der Waals surface area contributed by atoms with Crippen LogP contribution in [-0.4, -0.2) is 26.2 Å². The SMILES string of the molecule is Cc1[nH]nc(C(=O)c2n[nH]c(C)c2-c2ccc(F)cc2)c1-c1ccc(F)cc1. The number of H-pyrrole nitrogens is 2. The van der Waals surface area contributed by atoms with Gasteiger partial charge >= 0.3 is 0 Å².